The number of hydrogen-bond acceptors (Lipinski definition) is 5. The number of anilines is 2. The lowest BCUT2D eigenvalue weighted by atomic mass is 10.0. The van der Waals surface area contributed by atoms with Gasteiger partial charge in [0.25, 0.3) is 0 Å². The number of alkyl halides is 1. The molecule has 1 aromatic rings. The number of halogens is 1. The minimum Gasteiger partial charge on any atom is -0.368 e. The van der Waals surface area contributed by atoms with E-state index < -0.39 is 5.67 Å². The molecule has 0 aliphatic carbocycles. The van der Waals surface area contributed by atoms with Crippen molar-refractivity contribution in [1.82, 2.24) is 15.0 Å². The van der Waals surface area contributed by atoms with Crippen LogP contribution in [0.5, 0.6) is 0 Å². The molecule has 0 spiro atoms. The molecule has 0 radical (unpaired) electrons. The summed E-state index contributed by atoms with van der Waals surface area (Å²) in [5.74, 6) is 1.14. The van der Waals surface area contributed by atoms with E-state index in [2.05, 4.69) is 41.0 Å². The Kier molecular flexibility index (Phi) is 5.65. The first-order valence-electron chi connectivity index (χ1n) is 7.16. The van der Waals surface area contributed by atoms with E-state index in [0.717, 1.165) is 12.8 Å². The first-order chi connectivity index (χ1) is 9.18. The van der Waals surface area contributed by atoms with Gasteiger partial charge in [0.15, 0.2) is 11.5 Å². The molecule has 20 heavy (non-hydrogen) atoms. The molecule has 0 saturated carbocycles. The van der Waals surface area contributed by atoms with Crippen molar-refractivity contribution < 1.29 is 4.39 Å². The summed E-state index contributed by atoms with van der Waals surface area (Å²) in [5, 5.41) is 3.16. The predicted molar refractivity (Wildman–Crippen MR) is 80.1 cm³/mol. The molecule has 0 aromatic carbocycles. The van der Waals surface area contributed by atoms with Crippen LogP contribution in [-0.4, -0.2) is 21.0 Å². The van der Waals surface area contributed by atoms with Gasteiger partial charge < -0.3 is 11.1 Å². The van der Waals surface area contributed by atoms with E-state index in [9.17, 15) is 4.39 Å². The van der Waals surface area contributed by atoms with Gasteiger partial charge in [-0.3, -0.25) is 0 Å². The van der Waals surface area contributed by atoms with Crippen molar-refractivity contribution in [1.29, 1.82) is 0 Å². The highest BCUT2D eigenvalue weighted by molar-refractivity contribution is 5.32. The lowest BCUT2D eigenvalue weighted by Crippen LogP contribution is -2.22. The molecule has 6 heteroatoms. The molecule has 0 fully saturated rings. The second-order valence-corrected chi connectivity index (χ2v) is 6.18. The Morgan fingerprint density at radius 1 is 1.15 bits per heavy atom. The van der Waals surface area contributed by atoms with Crippen LogP contribution in [0.2, 0.25) is 0 Å². The third kappa shape index (κ3) is 5.67. The van der Waals surface area contributed by atoms with Crippen LogP contribution in [-0.2, 0) is 5.67 Å². The molecule has 1 unspecified atom stereocenters. The number of nitrogen functional groups attached to an aromatic ring is 1. The molecule has 114 valence electrons. The summed E-state index contributed by atoms with van der Waals surface area (Å²) in [6.45, 7) is 9.27. The van der Waals surface area contributed by atoms with E-state index in [0.29, 0.717) is 11.9 Å². The summed E-state index contributed by atoms with van der Waals surface area (Å²) in [5.41, 5.74) is 3.97. The van der Waals surface area contributed by atoms with Crippen LogP contribution < -0.4 is 11.1 Å². The fourth-order valence-electron chi connectivity index (χ4n) is 1.85. The van der Waals surface area contributed by atoms with Crippen molar-refractivity contribution in [2.45, 2.75) is 65.6 Å². The van der Waals surface area contributed by atoms with Crippen molar-refractivity contribution in [2.75, 3.05) is 11.1 Å². The van der Waals surface area contributed by atoms with Crippen molar-refractivity contribution in [3.63, 3.8) is 0 Å². The lowest BCUT2D eigenvalue weighted by molar-refractivity contribution is 0.206. The molecular formula is C14H26FN5. The van der Waals surface area contributed by atoms with Crippen LogP contribution in [0.15, 0.2) is 0 Å². The molecule has 1 atom stereocenters. The maximum atomic E-state index is 13.9. The molecule has 0 bridgehead atoms. The number of hydrogen-bond donors (Lipinski definition) is 2. The molecule has 0 aliphatic heterocycles. The van der Waals surface area contributed by atoms with Gasteiger partial charge in [-0.1, -0.05) is 26.7 Å². The van der Waals surface area contributed by atoms with E-state index in [1.165, 1.54) is 20.3 Å². The Balaban J connectivity index is 2.65. The Morgan fingerprint density at radius 3 is 2.35 bits per heavy atom. The number of nitrogens with two attached hydrogens (primary N) is 1. The molecule has 0 aliphatic rings. The van der Waals surface area contributed by atoms with Gasteiger partial charge in [0.05, 0.1) is 0 Å². The topological polar surface area (TPSA) is 76.7 Å². The minimum absolute atomic E-state index is 0.0394. The molecular weight excluding hydrogens is 257 g/mol. The second kappa shape index (κ2) is 6.81. The quantitative estimate of drug-likeness (QED) is 0.803. The van der Waals surface area contributed by atoms with Crippen molar-refractivity contribution in [3.8, 4) is 0 Å². The third-order valence-corrected chi connectivity index (χ3v) is 2.98. The third-order valence-electron chi connectivity index (χ3n) is 2.98. The Labute approximate surface area is 120 Å². The number of aromatic nitrogens is 3. The molecule has 5 nitrogen and oxygen atoms in total. The Morgan fingerprint density at radius 2 is 1.80 bits per heavy atom. The predicted octanol–water partition coefficient (Wildman–Crippen LogP) is 3.29. The summed E-state index contributed by atoms with van der Waals surface area (Å²) in [7, 11) is 0. The van der Waals surface area contributed by atoms with Gasteiger partial charge in [0.1, 0.15) is 0 Å². The van der Waals surface area contributed by atoms with Crippen LogP contribution in [0.3, 0.4) is 0 Å². The highest BCUT2D eigenvalue weighted by atomic mass is 19.1. The van der Waals surface area contributed by atoms with Gasteiger partial charge >= 0.3 is 0 Å². The number of nitrogens with one attached hydrogen (secondary N) is 1. The smallest absolute Gasteiger partial charge is 0.228 e. The zero-order chi connectivity index (χ0) is 15.3. The standard InChI is InChI=1S/C14H26FN5/c1-9(2)7-6-8-10(3)17-13-19-11(14(4,5)15)18-12(16)20-13/h9-10H,6-8H2,1-5H3,(H3,16,17,18,19,20). The fourth-order valence-corrected chi connectivity index (χ4v) is 1.85. The molecule has 0 amide bonds. The average molecular weight is 283 g/mol. The van der Waals surface area contributed by atoms with Gasteiger partial charge in [-0.15, -0.1) is 0 Å². The molecule has 0 saturated heterocycles. The Hall–Kier alpha value is -1.46. The SMILES string of the molecule is CC(C)CCCC(C)Nc1nc(N)nc(C(C)(C)F)n1. The van der Waals surface area contributed by atoms with E-state index in [1.807, 2.05) is 0 Å². The first-order valence-corrected chi connectivity index (χ1v) is 7.16. The van der Waals surface area contributed by atoms with Crippen molar-refractivity contribution in [2.24, 2.45) is 5.92 Å². The maximum Gasteiger partial charge on any atom is 0.228 e. The summed E-state index contributed by atoms with van der Waals surface area (Å²) in [6, 6.07) is 0.214. The maximum absolute atomic E-state index is 13.9. The summed E-state index contributed by atoms with van der Waals surface area (Å²) in [4.78, 5) is 11.9. The minimum atomic E-state index is -1.63. The lowest BCUT2D eigenvalue weighted by Gasteiger charge is -2.17. The molecule has 1 rings (SSSR count). The average Bonchev–Trinajstić information content (AvgIpc) is 2.26. The van der Waals surface area contributed by atoms with Gasteiger partial charge in [-0.2, -0.15) is 15.0 Å². The van der Waals surface area contributed by atoms with Crippen LogP contribution in [0, 0.1) is 5.92 Å². The zero-order valence-corrected chi connectivity index (χ0v) is 13.1. The Bertz CT molecular complexity index is 428. The highest BCUT2D eigenvalue weighted by Gasteiger charge is 2.24. The van der Waals surface area contributed by atoms with Gasteiger partial charge in [0, 0.05) is 6.04 Å². The van der Waals surface area contributed by atoms with Gasteiger partial charge in [-0.25, -0.2) is 4.39 Å². The van der Waals surface area contributed by atoms with Crippen LogP contribution in [0.25, 0.3) is 0 Å². The van der Waals surface area contributed by atoms with Crippen LogP contribution in [0.4, 0.5) is 16.3 Å². The second-order valence-electron chi connectivity index (χ2n) is 6.18. The summed E-state index contributed by atoms with van der Waals surface area (Å²) < 4.78 is 13.9. The monoisotopic (exact) mass is 283 g/mol. The molecule has 1 heterocycles. The van der Waals surface area contributed by atoms with Crippen LogP contribution >= 0.6 is 0 Å². The fraction of sp³-hybridized carbons (Fsp3) is 0.786. The summed E-state index contributed by atoms with van der Waals surface area (Å²) in [6.07, 6.45) is 3.33. The van der Waals surface area contributed by atoms with Gasteiger partial charge in [-0.05, 0) is 33.1 Å². The van der Waals surface area contributed by atoms with E-state index in [1.54, 1.807) is 0 Å². The molecule has 1 aromatic heterocycles. The van der Waals surface area contributed by atoms with Crippen molar-refractivity contribution >= 4 is 11.9 Å². The van der Waals surface area contributed by atoms with Crippen molar-refractivity contribution in [3.05, 3.63) is 5.82 Å². The molecule has 3 N–H and O–H groups in total. The number of nitrogens with zero attached hydrogens (tertiary/aromatic N) is 3. The van der Waals surface area contributed by atoms with E-state index in [-0.39, 0.29) is 17.8 Å². The van der Waals surface area contributed by atoms with E-state index >= 15 is 0 Å². The van der Waals surface area contributed by atoms with Gasteiger partial charge in [0.2, 0.25) is 11.9 Å². The van der Waals surface area contributed by atoms with Crippen LogP contribution in [0.1, 0.15) is 59.7 Å². The summed E-state index contributed by atoms with van der Waals surface area (Å²) >= 11 is 0. The van der Waals surface area contributed by atoms with E-state index in [4.69, 9.17) is 5.73 Å². The number of rotatable bonds is 7. The zero-order valence-electron chi connectivity index (χ0n) is 13.1. The highest BCUT2D eigenvalue weighted by Crippen LogP contribution is 2.22. The first kappa shape index (κ1) is 16.6. The largest absolute Gasteiger partial charge is 0.368 e. The normalized spacial score (nSPS) is 13.6.